The van der Waals surface area contributed by atoms with E-state index < -0.39 is 5.82 Å². The van der Waals surface area contributed by atoms with E-state index in [1.54, 1.807) is 7.05 Å². The van der Waals surface area contributed by atoms with Crippen molar-refractivity contribution in [1.82, 2.24) is 5.32 Å². The highest BCUT2D eigenvalue weighted by molar-refractivity contribution is 6.30. The Balaban J connectivity index is 2.29. The molecule has 0 saturated carbocycles. The molecule has 2 aromatic carbocycles. The molecule has 0 bridgehead atoms. The zero-order valence-electron chi connectivity index (χ0n) is 10.2. The standard InChI is InChI=1S/C14H12ClF2NO/c1-18-8-9-6-10(16)2-5-14(9)19-11-3-4-13(17)12(15)7-11/h2-7,18H,8H2,1H3. The summed E-state index contributed by atoms with van der Waals surface area (Å²) in [6.07, 6.45) is 0. The van der Waals surface area contributed by atoms with Crippen molar-refractivity contribution >= 4 is 11.6 Å². The van der Waals surface area contributed by atoms with Crippen molar-refractivity contribution in [2.24, 2.45) is 0 Å². The number of hydrogen-bond acceptors (Lipinski definition) is 2. The van der Waals surface area contributed by atoms with Gasteiger partial charge in [0.25, 0.3) is 0 Å². The number of rotatable bonds is 4. The van der Waals surface area contributed by atoms with Crippen LogP contribution in [0.15, 0.2) is 36.4 Å². The monoisotopic (exact) mass is 283 g/mol. The molecule has 0 aliphatic carbocycles. The van der Waals surface area contributed by atoms with E-state index in [2.05, 4.69) is 5.32 Å². The molecule has 0 aliphatic heterocycles. The number of ether oxygens (including phenoxy) is 1. The largest absolute Gasteiger partial charge is 0.457 e. The SMILES string of the molecule is CNCc1cc(F)ccc1Oc1ccc(F)c(Cl)c1. The summed E-state index contributed by atoms with van der Waals surface area (Å²) in [5, 5.41) is 2.91. The van der Waals surface area contributed by atoms with Crippen molar-refractivity contribution in [2.45, 2.75) is 6.54 Å². The molecule has 0 unspecified atom stereocenters. The molecule has 5 heteroatoms. The maximum Gasteiger partial charge on any atom is 0.142 e. The van der Waals surface area contributed by atoms with Gasteiger partial charge < -0.3 is 10.1 Å². The molecule has 100 valence electrons. The lowest BCUT2D eigenvalue weighted by molar-refractivity contribution is 0.470. The maximum absolute atomic E-state index is 13.2. The molecule has 0 saturated heterocycles. The third-order valence-corrected chi connectivity index (χ3v) is 2.80. The Bertz CT molecular complexity index is 590. The van der Waals surface area contributed by atoms with E-state index in [9.17, 15) is 8.78 Å². The topological polar surface area (TPSA) is 21.3 Å². The van der Waals surface area contributed by atoms with Crippen molar-refractivity contribution in [3.63, 3.8) is 0 Å². The Morgan fingerprint density at radius 3 is 2.63 bits per heavy atom. The van der Waals surface area contributed by atoms with E-state index in [1.807, 2.05) is 0 Å². The van der Waals surface area contributed by atoms with Gasteiger partial charge in [0.2, 0.25) is 0 Å². The van der Waals surface area contributed by atoms with Crippen LogP contribution >= 0.6 is 11.6 Å². The van der Waals surface area contributed by atoms with Crippen LogP contribution in [-0.2, 0) is 6.54 Å². The minimum atomic E-state index is -0.511. The van der Waals surface area contributed by atoms with Gasteiger partial charge in [-0.05, 0) is 37.4 Å². The highest BCUT2D eigenvalue weighted by Gasteiger charge is 2.08. The summed E-state index contributed by atoms with van der Waals surface area (Å²) >= 11 is 5.68. The highest BCUT2D eigenvalue weighted by Crippen LogP contribution is 2.28. The molecule has 0 fully saturated rings. The van der Waals surface area contributed by atoms with Crippen LogP contribution in [0.5, 0.6) is 11.5 Å². The van der Waals surface area contributed by atoms with Crippen LogP contribution in [-0.4, -0.2) is 7.05 Å². The summed E-state index contributed by atoms with van der Waals surface area (Å²) < 4.78 is 31.8. The summed E-state index contributed by atoms with van der Waals surface area (Å²) in [6, 6.07) is 8.28. The molecule has 2 nitrogen and oxygen atoms in total. The smallest absolute Gasteiger partial charge is 0.142 e. The Hall–Kier alpha value is -1.65. The second-order valence-electron chi connectivity index (χ2n) is 3.96. The Morgan fingerprint density at radius 2 is 1.95 bits per heavy atom. The predicted octanol–water partition coefficient (Wildman–Crippen LogP) is 4.13. The van der Waals surface area contributed by atoms with Crippen LogP contribution in [0.25, 0.3) is 0 Å². The fraction of sp³-hybridized carbons (Fsp3) is 0.143. The summed E-state index contributed by atoms with van der Waals surface area (Å²) in [5.74, 6) is 0.0482. The second-order valence-corrected chi connectivity index (χ2v) is 4.37. The van der Waals surface area contributed by atoms with E-state index in [0.717, 1.165) is 0 Å². The third kappa shape index (κ3) is 3.43. The quantitative estimate of drug-likeness (QED) is 0.911. The number of benzene rings is 2. The normalized spacial score (nSPS) is 10.5. The van der Waals surface area contributed by atoms with E-state index in [-0.39, 0.29) is 10.8 Å². The molecule has 0 spiro atoms. The van der Waals surface area contributed by atoms with Crippen LogP contribution in [0.4, 0.5) is 8.78 Å². The third-order valence-electron chi connectivity index (χ3n) is 2.51. The fourth-order valence-corrected chi connectivity index (χ4v) is 1.81. The summed E-state index contributed by atoms with van der Waals surface area (Å²) in [5.41, 5.74) is 0.669. The van der Waals surface area contributed by atoms with Gasteiger partial charge in [0.05, 0.1) is 5.02 Å². The second kappa shape index (κ2) is 5.99. The minimum absolute atomic E-state index is 0.0187. The van der Waals surface area contributed by atoms with E-state index >= 15 is 0 Å². The Kier molecular flexibility index (Phi) is 4.35. The first-order chi connectivity index (χ1) is 9.10. The molecule has 0 radical (unpaired) electrons. The van der Waals surface area contributed by atoms with Crippen LogP contribution in [0.1, 0.15) is 5.56 Å². The molecule has 2 rings (SSSR count). The minimum Gasteiger partial charge on any atom is -0.457 e. The average Bonchev–Trinajstić information content (AvgIpc) is 2.37. The number of nitrogens with one attached hydrogen (secondary N) is 1. The van der Waals surface area contributed by atoms with Crippen molar-refractivity contribution in [3.8, 4) is 11.5 Å². The molecule has 0 aliphatic rings. The molecule has 0 heterocycles. The van der Waals surface area contributed by atoms with Gasteiger partial charge in [0, 0.05) is 18.2 Å². The first-order valence-corrected chi connectivity index (χ1v) is 6.04. The summed E-state index contributed by atoms with van der Waals surface area (Å²) in [6.45, 7) is 0.460. The van der Waals surface area contributed by atoms with Crippen LogP contribution in [0.3, 0.4) is 0 Å². The lowest BCUT2D eigenvalue weighted by Crippen LogP contribution is -2.06. The highest BCUT2D eigenvalue weighted by atomic mass is 35.5. The van der Waals surface area contributed by atoms with E-state index in [0.29, 0.717) is 23.6 Å². The van der Waals surface area contributed by atoms with Crippen molar-refractivity contribution in [1.29, 1.82) is 0 Å². The number of hydrogen-bond donors (Lipinski definition) is 1. The van der Waals surface area contributed by atoms with Crippen LogP contribution in [0.2, 0.25) is 5.02 Å². The van der Waals surface area contributed by atoms with Crippen LogP contribution < -0.4 is 10.1 Å². The van der Waals surface area contributed by atoms with Crippen molar-refractivity contribution in [2.75, 3.05) is 7.05 Å². The molecular formula is C14H12ClF2NO. The van der Waals surface area contributed by atoms with E-state index in [1.165, 1.54) is 36.4 Å². The zero-order chi connectivity index (χ0) is 13.8. The molecule has 0 aromatic heterocycles. The zero-order valence-corrected chi connectivity index (χ0v) is 11.0. The van der Waals surface area contributed by atoms with Gasteiger partial charge in [-0.3, -0.25) is 0 Å². The van der Waals surface area contributed by atoms with Crippen molar-refractivity contribution < 1.29 is 13.5 Å². The molecular weight excluding hydrogens is 272 g/mol. The lowest BCUT2D eigenvalue weighted by Gasteiger charge is -2.11. The molecule has 1 N–H and O–H groups in total. The average molecular weight is 284 g/mol. The predicted molar refractivity (Wildman–Crippen MR) is 70.6 cm³/mol. The summed E-state index contributed by atoms with van der Waals surface area (Å²) in [7, 11) is 1.75. The Labute approximate surface area is 115 Å². The van der Waals surface area contributed by atoms with Gasteiger partial charge in [-0.1, -0.05) is 11.6 Å². The van der Waals surface area contributed by atoms with Crippen molar-refractivity contribution in [3.05, 3.63) is 58.6 Å². The molecule has 19 heavy (non-hydrogen) atoms. The number of halogens is 3. The summed E-state index contributed by atoms with van der Waals surface area (Å²) in [4.78, 5) is 0. The van der Waals surface area contributed by atoms with Crippen LogP contribution in [0, 0.1) is 11.6 Å². The van der Waals surface area contributed by atoms with Gasteiger partial charge in [-0.25, -0.2) is 8.78 Å². The first-order valence-electron chi connectivity index (χ1n) is 5.66. The Morgan fingerprint density at radius 1 is 1.16 bits per heavy atom. The van der Waals surface area contributed by atoms with Gasteiger partial charge >= 0.3 is 0 Å². The maximum atomic E-state index is 13.2. The molecule has 0 atom stereocenters. The lowest BCUT2D eigenvalue weighted by atomic mass is 10.2. The van der Waals surface area contributed by atoms with Gasteiger partial charge in [-0.15, -0.1) is 0 Å². The van der Waals surface area contributed by atoms with Gasteiger partial charge in [-0.2, -0.15) is 0 Å². The fourth-order valence-electron chi connectivity index (χ4n) is 1.64. The molecule has 0 amide bonds. The van der Waals surface area contributed by atoms with Gasteiger partial charge in [0.15, 0.2) is 0 Å². The van der Waals surface area contributed by atoms with Gasteiger partial charge in [0.1, 0.15) is 23.1 Å². The van der Waals surface area contributed by atoms with E-state index in [4.69, 9.17) is 16.3 Å². The first kappa shape index (κ1) is 13.8. The molecule has 2 aromatic rings.